The van der Waals surface area contributed by atoms with Gasteiger partial charge in [0.2, 0.25) is 0 Å². The van der Waals surface area contributed by atoms with E-state index in [2.05, 4.69) is 31.4 Å². The Labute approximate surface area is 114 Å². The maximum Gasteiger partial charge on any atom is 0.313 e. The molecule has 2 amide bonds. The molecule has 0 aliphatic heterocycles. The first kappa shape index (κ1) is 15.2. The summed E-state index contributed by atoms with van der Waals surface area (Å²) in [5.41, 5.74) is 1.60. The van der Waals surface area contributed by atoms with Crippen molar-refractivity contribution in [3.8, 4) is 0 Å². The van der Waals surface area contributed by atoms with E-state index in [0.717, 1.165) is 12.0 Å². The van der Waals surface area contributed by atoms with Crippen LogP contribution in [0.25, 0.3) is 0 Å². The van der Waals surface area contributed by atoms with Crippen LogP contribution < -0.4 is 10.6 Å². The molecule has 0 bridgehead atoms. The van der Waals surface area contributed by atoms with Crippen molar-refractivity contribution in [1.29, 1.82) is 0 Å². The Morgan fingerprint density at radius 3 is 2.32 bits per heavy atom. The van der Waals surface area contributed by atoms with Gasteiger partial charge in [-0.05, 0) is 23.5 Å². The Morgan fingerprint density at radius 1 is 1.11 bits per heavy atom. The summed E-state index contributed by atoms with van der Waals surface area (Å²) in [6.07, 6.45) is 0.803. The molecule has 1 aromatic carbocycles. The lowest BCUT2D eigenvalue weighted by molar-refractivity contribution is -0.136. The third kappa shape index (κ3) is 4.39. The van der Waals surface area contributed by atoms with Gasteiger partial charge in [0.05, 0.1) is 0 Å². The minimum Gasteiger partial charge on any atom is -0.348 e. The molecule has 0 saturated carbocycles. The molecule has 2 N–H and O–H groups in total. The Balaban J connectivity index is 2.83. The van der Waals surface area contributed by atoms with Gasteiger partial charge in [-0.1, -0.05) is 45.9 Å². The zero-order chi connectivity index (χ0) is 14.5. The fourth-order valence-electron chi connectivity index (χ4n) is 1.74. The molecule has 0 aliphatic carbocycles. The van der Waals surface area contributed by atoms with Crippen molar-refractivity contribution >= 4 is 17.5 Å². The van der Waals surface area contributed by atoms with Crippen molar-refractivity contribution in [3.63, 3.8) is 0 Å². The molecule has 1 rings (SSSR count). The van der Waals surface area contributed by atoms with Crippen LogP contribution in [0.15, 0.2) is 24.3 Å². The van der Waals surface area contributed by atoms with Crippen molar-refractivity contribution in [2.75, 3.05) is 11.9 Å². The zero-order valence-electron chi connectivity index (χ0n) is 12.0. The minimum absolute atomic E-state index is 0.0935. The summed E-state index contributed by atoms with van der Waals surface area (Å²) in [4.78, 5) is 23.3. The molecule has 4 nitrogen and oxygen atoms in total. The average Bonchev–Trinajstić information content (AvgIpc) is 2.35. The summed E-state index contributed by atoms with van der Waals surface area (Å²) in [6, 6.07) is 7.54. The predicted octanol–water partition coefficient (Wildman–Crippen LogP) is 2.45. The van der Waals surface area contributed by atoms with Gasteiger partial charge in [-0.25, -0.2) is 0 Å². The van der Waals surface area contributed by atoms with Crippen LogP contribution in [-0.4, -0.2) is 18.4 Å². The van der Waals surface area contributed by atoms with Crippen LogP contribution in [0.1, 0.15) is 39.7 Å². The second-order valence-electron chi connectivity index (χ2n) is 5.51. The summed E-state index contributed by atoms with van der Waals surface area (Å²) in [7, 11) is 0. The van der Waals surface area contributed by atoms with Gasteiger partial charge in [0.15, 0.2) is 0 Å². The van der Waals surface area contributed by atoms with E-state index in [4.69, 9.17) is 0 Å². The van der Waals surface area contributed by atoms with Crippen LogP contribution >= 0.6 is 0 Å². The lowest BCUT2D eigenvalue weighted by Gasteiger charge is -2.22. The van der Waals surface area contributed by atoms with Crippen molar-refractivity contribution in [3.05, 3.63) is 29.8 Å². The summed E-state index contributed by atoms with van der Waals surface area (Å²) in [5.74, 6) is -1.21. The maximum atomic E-state index is 11.8. The van der Waals surface area contributed by atoms with Crippen molar-refractivity contribution < 1.29 is 9.59 Å². The van der Waals surface area contributed by atoms with Gasteiger partial charge < -0.3 is 10.6 Å². The first-order valence-electron chi connectivity index (χ1n) is 6.55. The van der Waals surface area contributed by atoms with Gasteiger partial charge in [0.1, 0.15) is 0 Å². The third-order valence-corrected chi connectivity index (χ3v) is 2.73. The van der Waals surface area contributed by atoms with Gasteiger partial charge in [-0.15, -0.1) is 0 Å². The molecule has 0 aromatic heterocycles. The van der Waals surface area contributed by atoms with Gasteiger partial charge in [-0.3, -0.25) is 9.59 Å². The minimum atomic E-state index is -0.620. The highest BCUT2D eigenvalue weighted by molar-refractivity contribution is 6.39. The standard InChI is InChI=1S/C15H22N2O2/c1-5-10-16-13(18)14(19)17-12-9-7-6-8-11(12)15(2,3)4/h6-9H,5,10H2,1-4H3,(H,16,18)(H,17,19). The molecular formula is C15H22N2O2. The average molecular weight is 262 g/mol. The molecule has 0 unspecified atom stereocenters. The number of nitrogens with one attached hydrogen (secondary N) is 2. The maximum absolute atomic E-state index is 11.8. The molecule has 0 atom stereocenters. The fraction of sp³-hybridized carbons (Fsp3) is 0.467. The van der Waals surface area contributed by atoms with Crippen LogP contribution in [0, 0.1) is 0 Å². The van der Waals surface area contributed by atoms with E-state index in [9.17, 15) is 9.59 Å². The van der Waals surface area contributed by atoms with E-state index in [-0.39, 0.29) is 5.41 Å². The molecule has 0 saturated heterocycles. The van der Waals surface area contributed by atoms with Gasteiger partial charge in [0.25, 0.3) is 0 Å². The molecule has 104 valence electrons. The zero-order valence-corrected chi connectivity index (χ0v) is 12.0. The monoisotopic (exact) mass is 262 g/mol. The topological polar surface area (TPSA) is 58.2 Å². The summed E-state index contributed by atoms with van der Waals surface area (Å²) >= 11 is 0. The van der Waals surface area contributed by atoms with Crippen LogP contribution in [-0.2, 0) is 15.0 Å². The number of rotatable bonds is 3. The van der Waals surface area contributed by atoms with Crippen molar-refractivity contribution in [1.82, 2.24) is 5.32 Å². The Bertz CT molecular complexity index is 461. The number of benzene rings is 1. The number of carbonyl (C=O) groups excluding carboxylic acids is 2. The molecule has 0 heterocycles. The molecule has 0 fully saturated rings. The number of amides is 2. The summed E-state index contributed by atoms with van der Waals surface area (Å²) in [5, 5.41) is 5.23. The van der Waals surface area contributed by atoms with E-state index in [1.807, 2.05) is 31.2 Å². The summed E-state index contributed by atoms with van der Waals surface area (Å²) < 4.78 is 0. The van der Waals surface area contributed by atoms with Crippen LogP contribution in [0.4, 0.5) is 5.69 Å². The first-order valence-corrected chi connectivity index (χ1v) is 6.55. The Morgan fingerprint density at radius 2 is 1.74 bits per heavy atom. The van der Waals surface area contributed by atoms with Crippen LogP contribution in [0.2, 0.25) is 0 Å². The fourth-order valence-corrected chi connectivity index (χ4v) is 1.74. The second-order valence-corrected chi connectivity index (χ2v) is 5.51. The van der Waals surface area contributed by atoms with Crippen LogP contribution in [0.5, 0.6) is 0 Å². The summed E-state index contributed by atoms with van der Waals surface area (Å²) in [6.45, 7) is 8.64. The van der Waals surface area contributed by atoms with Gasteiger partial charge >= 0.3 is 11.8 Å². The predicted molar refractivity (Wildman–Crippen MR) is 77.1 cm³/mol. The second kappa shape index (κ2) is 6.36. The third-order valence-electron chi connectivity index (χ3n) is 2.73. The number of para-hydroxylation sites is 1. The van der Waals surface area contributed by atoms with E-state index >= 15 is 0 Å². The molecule has 19 heavy (non-hydrogen) atoms. The van der Waals surface area contributed by atoms with Crippen molar-refractivity contribution in [2.24, 2.45) is 0 Å². The normalized spacial score (nSPS) is 10.9. The number of hydrogen-bond donors (Lipinski definition) is 2. The molecular weight excluding hydrogens is 240 g/mol. The molecule has 0 spiro atoms. The number of carbonyl (C=O) groups is 2. The first-order chi connectivity index (χ1) is 8.86. The largest absolute Gasteiger partial charge is 0.348 e. The highest BCUT2D eigenvalue weighted by atomic mass is 16.2. The van der Waals surface area contributed by atoms with E-state index in [1.165, 1.54) is 0 Å². The molecule has 0 radical (unpaired) electrons. The smallest absolute Gasteiger partial charge is 0.313 e. The van der Waals surface area contributed by atoms with E-state index in [0.29, 0.717) is 12.2 Å². The van der Waals surface area contributed by atoms with Crippen LogP contribution in [0.3, 0.4) is 0 Å². The van der Waals surface area contributed by atoms with E-state index < -0.39 is 11.8 Å². The number of hydrogen-bond acceptors (Lipinski definition) is 2. The highest BCUT2D eigenvalue weighted by Crippen LogP contribution is 2.29. The Hall–Kier alpha value is -1.84. The SMILES string of the molecule is CCCNC(=O)C(=O)Nc1ccccc1C(C)(C)C. The lowest BCUT2D eigenvalue weighted by Crippen LogP contribution is -2.36. The molecule has 1 aromatic rings. The number of anilines is 1. The van der Waals surface area contributed by atoms with Gasteiger partial charge in [-0.2, -0.15) is 0 Å². The quantitative estimate of drug-likeness (QED) is 0.822. The van der Waals surface area contributed by atoms with Crippen molar-refractivity contribution in [2.45, 2.75) is 39.5 Å². The van der Waals surface area contributed by atoms with E-state index in [1.54, 1.807) is 0 Å². The lowest BCUT2D eigenvalue weighted by atomic mass is 9.86. The Kier molecular flexibility index (Phi) is 5.10. The highest BCUT2D eigenvalue weighted by Gasteiger charge is 2.20. The van der Waals surface area contributed by atoms with Gasteiger partial charge in [0, 0.05) is 12.2 Å². The molecule has 4 heteroatoms. The molecule has 0 aliphatic rings.